The first-order valence-electron chi connectivity index (χ1n) is 10.5. The van der Waals surface area contributed by atoms with E-state index >= 15 is 0 Å². The molecule has 1 aliphatic rings. The number of hydrogen-bond acceptors (Lipinski definition) is 4. The third kappa shape index (κ3) is 5.46. The lowest BCUT2D eigenvalue weighted by Crippen LogP contribution is -2.48. The van der Waals surface area contributed by atoms with Crippen LogP contribution in [0.15, 0.2) is 54.7 Å². The Labute approximate surface area is 188 Å². The first-order chi connectivity index (χ1) is 15.0. The molecule has 2 aromatic carbocycles. The molecule has 6 nitrogen and oxygen atoms in total. The van der Waals surface area contributed by atoms with E-state index in [9.17, 15) is 4.79 Å². The number of benzene rings is 2. The fourth-order valence-electron chi connectivity index (χ4n) is 3.74. The maximum absolute atomic E-state index is 12.9. The van der Waals surface area contributed by atoms with Crippen LogP contribution in [0.25, 0.3) is 0 Å². The highest BCUT2D eigenvalue weighted by Crippen LogP contribution is 2.25. The molecule has 1 aliphatic heterocycles. The highest BCUT2D eigenvalue weighted by Gasteiger charge is 2.23. The summed E-state index contributed by atoms with van der Waals surface area (Å²) < 4.78 is 7.37. The smallest absolute Gasteiger partial charge is 0.274 e. The number of ether oxygens (including phenoxy) is 1. The van der Waals surface area contributed by atoms with Crippen molar-refractivity contribution in [2.75, 3.05) is 26.2 Å². The molecular formula is C24H27ClN4O2. The van der Waals surface area contributed by atoms with Gasteiger partial charge in [-0.3, -0.25) is 9.69 Å². The van der Waals surface area contributed by atoms with Gasteiger partial charge in [0, 0.05) is 38.9 Å². The molecule has 1 amide bonds. The molecule has 31 heavy (non-hydrogen) atoms. The van der Waals surface area contributed by atoms with Crippen LogP contribution < -0.4 is 4.74 Å². The molecule has 3 aromatic rings. The number of piperazine rings is 1. The largest absolute Gasteiger partial charge is 0.470 e. The Kier molecular flexibility index (Phi) is 6.59. The van der Waals surface area contributed by atoms with Gasteiger partial charge in [0.25, 0.3) is 5.91 Å². The van der Waals surface area contributed by atoms with Gasteiger partial charge in [0.15, 0.2) is 12.4 Å². The fraction of sp³-hybridized carbons (Fsp3) is 0.333. The molecule has 1 fully saturated rings. The normalized spacial score (nSPS) is 14.6. The van der Waals surface area contributed by atoms with Crippen molar-refractivity contribution in [3.05, 3.63) is 82.1 Å². The van der Waals surface area contributed by atoms with Crippen LogP contribution in [0.1, 0.15) is 27.2 Å². The van der Waals surface area contributed by atoms with Crippen molar-refractivity contribution >= 4 is 17.5 Å². The number of rotatable bonds is 6. The monoisotopic (exact) mass is 438 g/mol. The van der Waals surface area contributed by atoms with Crippen molar-refractivity contribution in [3.8, 4) is 5.75 Å². The van der Waals surface area contributed by atoms with Crippen molar-refractivity contribution in [2.24, 2.45) is 0 Å². The third-order valence-electron chi connectivity index (χ3n) is 5.45. The molecule has 0 radical (unpaired) electrons. The van der Waals surface area contributed by atoms with E-state index < -0.39 is 0 Å². The standard InChI is InChI=1S/C24H27ClN4O2/c1-18-4-3-5-20(14-18)16-27-10-12-28(13-11-27)24(30)22-8-9-29(26-22)17-31-23-15-19(2)6-7-21(23)25/h3-9,14-15H,10-13,16-17H2,1-2H3. The molecule has 0 unspecified atom stereocenters. The second kappa shape index (κ2) is 9.54. The number of aryl methyl sites for hydroxylation is 2. The zero-order valence-corrected chi connectivity index (χ0v) is 18.7. The van der Waals surface area contributed by atoms with Crippen LogP contribution in [-0.4, -0.2) is 51.7 Å². The number of halogens is 1. The van der Waals surface area contributed by atoms with Crippen LogP contribution >= 0.6 is 11.6 Å². The molecule has 4 rings (SSSR count). The van der Waals surface area contributed by atoms with Crippen LogP contribution in [0.3, 0.4) is 0 Å². The van der Waals surface area contributed by atoms with Gasteiger partial charge in [-0.05, 0) is 43.2 Å². The van der Waals surface area contributed by atoms with Gasteiger partial charge in [0.2, 0.25) is 0 Å². The molecule has 162 valence electrons. The van der Waals surface area contributed by atoms with Crippen molar-refractivity contribution in [3.63, 3.8) is 0 Å². The van der Waals surface area contributed by atoms with E-state index in [4.69, 9.17) is 16.3 Å². The lowest BCUT2D eigenvalue weighted by molar-refractivity contribution is 0.0621. The molecule has 0 bridgehead atoms. The summed E-state index contributed by atoms with van der Waals surface area (Å²) in [7, 11) is 0. The highest BCUT2D eigenvalue weighted by atomic mass is 35.5. The quantitative estimate of drug-likeness (QED) is 0.580. The van der Waals surface area contributed by atoms with Crippen LogP contribution in [0.4, 0.5) is 0 Å². The van der Waals surface area contributed by atoms with Crippen LogP contribution in [0.2, 0.25) is 5.02 Å². The zero-order valence-electron chi connectivity index (χ0n) is 17.9. The zero-order chi connectivity index (χ0) is 21.8. The summed E-state index contributed by atoms with van der Waals surface area (Å²) in [5, 5.41) is 4.95. The van der Waals surface area contributed by atoms with Gasteiger partial charge in [0.05, 0.1) is 5.02 Å². The minimum Gasteiger partial charge on any atom is -0.470 e. The predicted molar refractivity (Wildman–Crippen MR) is 121 cm³/mol. The summed E-state index contributed by atoms with van der Waals surface area (Å²) >= 11 is 6.17. The van der Waals surface area contributed by atoms with Gasteiger partial charge >= 0.3 is 0 Å². The molecule has 1 saturated heterocycles. The second-order valence-electron chi connectivity index (χ2n) is 8.01. The van der Waals surface area contributed by atoms with E-state index in [0.29, 0.717) is 29.6 Å². The number of aromatic nitrogens is 2. The van der Waals surface area contributed by atoms with Gasteiger partial charge in [-0.15, -0.1) is 0 Å². The Balaban J connectivity index is 1.29. The summed E-state index contributed by atoms with van der Waals surface area (Å²) in [5.41, 5.74) is 4.09. The predicted octanol–water partition coefficient (Wildman–Crippen LogP) is 4.15. The van der Waals surface area contributed by atoms with E-state index in [2.05, 4.69) is 41.2 Å². The van der Waals surface area contributed by atoms with Crippen molar-refractivity contribution < 1.29 is 9.53 Å². The summed E-state index contributed by atoms with van der Waals surface area (Å²) in [6, 6.07) is 15.9. The Bertz CT molecular complexity index is 1060. The van der Waals surface area contributed by atoms with E-state index in [1.807, 2.05) is 30.0 Å². The number of carbonyl (C=O) groups is 1. The summed E-state index contributed by atoms with van der Waals surface area (Å²) in [6.07, 6.45) is 1.75. The molecule has 0 spiro atoms. The van der Waals surface area contributed by atoms with Crippen LogP contribution in [0.5, 0.6) is 5.75 Å². The molecule has 0 N–H and O–H groups in total. The van der Waals surface area contributed by atoms with E-state index in [1.165, 1.54) is 11.1 Å². The van der Waals surface area contributed by atoms with Crippen molar-refractivity contribution in [2.45, 2.75) is 27.1 Å². The minimum atomic E-state index is -0.0393. The lowest BCUT2D eigenvalue weighted by Gasteiger charge is -2.34. The third-order valence-corrected chi connectivity index (χ3v) is 5.76. The summed E-state index contributed by atoms with van der Waals surface area (Å²) in [5.74, 6) is 0.567. The van der Waals surface area contributed by atoms with Gasteiger partial charge in [0.1, 0.15) is 5.75 Å². The number of carbonyl (C=O) groups excluding carboxylic acids is 1. The summed E-state index contributed by atoms with van der Waals surface area (Å²) in [4.78, 5) is 17.1. The van der Waals surface area contributed by atoms with Gasteiger partial charge < -0.3 is 9.64 Å². The topological polar surface area (TPSA) is 50.6 Å². The number of nitrogens with zero attached hydrogens (tertiary/aromatic N) is 4. The fourth-order valence-corrected chi connectivity index (χ4v) is 3.92. The molecule has 7 heteroatoms. The van der Waals surface area contributed by atoms with E-state index in [1.54, 1.807) is 16.9 Å². The average Bonchev–Trinajstić information content (AvgIpc) is 3.23. The Morgan fingerprint density at radius 2 is 1.81 bits per heavy atom. The van der Waals surface area contributed by atoms with E-state index in [-0.39, 0.29) is 12.6 Å². The molecule has 0 saturated carbocycles. The Morgan fingerprint density at radius 1 is 1.03 bits per heavy atom. The Morgan fingerprint density at radius 3 is 2.58 bits per heavy atom. The minimum absolute atomic E-state index is 0.0393. The van der Waals surface area contributed by atoms with Gasteiger partial charge in [-0.25, -0.2) is 4.68 Å². The van der Waals surface area contributed by atoms with Crippen LogP contribution in [-0.2, 0) is 13.3 Å². The van der Waals surface area contributed by atoms with E-state index in [0.717, 1.165) is 25.2 Å². The number of hydrogen-bond donors (Lipinski definition) is 0. The average molecular weight is 439 g/mol. The summed E-state index contributed by atoms with van der Waals surface area (Å²) in [6.45, 7) is 8.32. The molecule has 0 aliphatic carbocycles. The lowest BCUT2D eigenvalue weighted by atomic mass is 10.1. The first-order valence-corrected chi connectivity index (χ1v) is 10.9. The molecule has 2 heterocycles. The van der Waals surface area contributed by atoms with Crippen molar-refractivity contribution in [1.29, 1.82) is 0 Å². The van der Waals surface area contributed by atoms with Crippen molar-refractivity contribution in [1.82, 2.24) is 19.6 Å². The number of amides is 1. The first kappa shape index (κ1) is 21.4. The molecule has 1 aromatic heterocycles. The van der Waals surface area contributed by atoms with Crippen LogP contribution in [0, 0.1) is 13.8 Å². The SMILES string of the molecule is Cc1cccc(CN2CCN(C(=O)c3ccn(COc4cc(C)ccc4Cl)n3)CC2)c1. The van der Waals surface area contributed by atoms with Gasteiger partial charge in [-0.1, -0.05) is 47.5 Å². The molecular weight excluding hydrogens is 412 g/mol. The second-order valence-corrected chi connectivity index (χ2v) is 8.41. The Hall–Kier alpha value is -2.83. The maximum Gasteiger partial charge on any atom is 0.274 e. The molecule has 0 atom stereocenters. The highest BCUT2D eigenvalue weighted by molar-refractivity contribution is 6.32. The maximum atomic E-state index is 12.9. The van der Waals surface area contributed by atoms with Gasteiger partial charge in [-0.2, -0.15) is 5.10 Å².